The van der Waals surface area contributed by atoms with E-state index in [4.69, 9.17) is 5.73 Å². The van der Waals surface area contributed by atoms with Gasteiger partial charge in [-0.3, -0.25) is 4.90 Å². The number of nitrogens with zero attached hydrogens (tertiary/aromatic N) is 2. The Kier molecular flexibility index (Phi) is 4.80. The second kappa shape index (κ2) is 5.96. The molecule has 1 aromatic heterocycles. The van der Waals surface area contributed by atoms with Gasteiger partial charge in [-0.05, 0) is 33.8 Å². The van der Waals surface area contributed by atoms with Crippen LogP contribution in [0.25, 0.3) is 0 Å². The van der Waals surface area contributed by atoms with Gasteiger partial charge in [0.2, 0.25) is 10.0 Å². The normalized spacial score (nSPS) is 19.1. The van der Waals surface area contributed by atoms with Gasteiger partial charge in [-0.25, -0.2) is 8.42 Å². The summed E-state index contributed by atoms with van der Waals surface area (Å²) < 4.78 is 27.1. The van der Waals surface area contributed by atoms with Gasteiger partial charge in [0.1, 0.15) is 0 Å². The fourth-order valence-corrected chi connectivity index (χ4v) is 5.52. The monoisotopic (exact) mass is 331 g/mol. The molecule has 1 aliphatic rings. The molecule has 0 bridgehead atoms. The third kappa shape index (κ3) is 3.48. The van der Waals surface area contributed by atoms with Gasteiger partial charge in [0.15, 0.2) is 0 Å². The van der Waals surface area contributed by atoms with Crippen LogP contribution in [0.5, 0.6) is 0 Å². The van der Waals surface area contributed by atoms with E-state index in [2.05, 4.69) is 25.7 Å². The lowest BCUT2D eigenvalue weighted by molar-refractivity contribution is 0.0922. The van der Waals surface area contributed by atoms with Crippen LogP contribution in [0.15, 0.2) is 11.0 Å². The van der Waals surface area contributed by atoms with E-state index >= 15 is 0 Å². The molecule has 1 aliphatic heterocycles. The van der Waals surface area contributed by atoms with Crippen molar-refractivity contribution >= 4 is 21.4 Å². The van der Waals surface area contributed by atoms with E-state index < -0.39 is 10.0 Å². The molecule has 0 atom stereocenters. The molecule has 0 amide bonds. The third-order valence-electron chi connectivity index (χ3n) is 3.93. The van der Waals surface area contributed by atoms with Crippen LogP contribution in [-0.2, 0) is 16.6 Å². The van der Waals surface area contributed by atoms with Crippen LogP contribution < -0.4 is 5.73 Å². The average Bonchev–Trinajstić information content (AvgIpc) is 2.80. The minimum Gasteiger partial charge on any atom is -0.326 e. The lowest BCUT2D eigenvalue weighted by atomic mass is 10.1. The predicted molar refractivity (Wildman–Crippen MR) is 87.0 cm³/mol. The third-order valence-corrected chi connectivity index (χ3v) is 7.16. The van der Waals surface area contributed by atoms with Gasteiger partial charge in [-0.2, -0.15) is 4.31 Å². The van der Waals surface area contributed by atoms with E-state index in [0.717, 1.165) is 22.8 Å². The quantitative estimate of drug-likeness (QED) is 0.914. The Hall–Kier alpha value is -0.470. The Morgan fingerprint density at radius 3 is 2.24 bits per heavy atom. The van der Waals surface area contributed by atoms with E-state index in [1.807, 2.05) is 6.92 Å². The number of thiophene rings is 1. The first kappa shape index (κ1) is 16.9. The standard InChI is InChI=1S/C14H25N3O2S2/c1-11-13(9-12(10-15)20-11)21(18,19)17-7-5-16(6-8-17)14(2,3)4/h9H,5-8,10,15H2,1-4H3. The molecule has 2 heterocycles. The molecule has 0 saturated carbocycles. The van der Waals surface area contributed by atoms with Crippen molar-refractivity contribution in [1.29, 1.82) is 0 Å². The van der Waals surface area contributed by atoms with Gasteiger partial charge < -0.3 is 5.73 Å². The maximum absolute atomic E-state index is 12.8. The molecule has 1 fully saturated rings. The number of nitrogens with two attached hydrogens (primary N) is 1. The van der Waals surface area contributed by atoms with Crippen molar-refractivity contribution in [3.8, 4) is 0 Å². The van der Waals surface area contributed by atoms with Gasteiger partial charge in [0.05, 0.1) is 4.90 Å². The van der Waals surface area contributed by atoms with Crippen molar-refractivity contribution < 1.29 is 8.42 Å². The van der Waals surface area contributed by atoms with Gasteiger partial charge in [-0.1, -0.05) is 0 Å². The summed E-state index contributed by atoms with van der Waals surface area (Å²) in [6.45, 7) is 11.4. The molecule has 0 unspecified atom stereocenters. The number of sulfonamides is 1. The summed E-state index contributed by atoms with van der Waals surface area (Å²) in [5.41, 5.74) is 5.70. The first-order valence-corrected chi connectivity index (χ1v) is 9.46. The predicted octanol–water partition coefficient (Wildman–Crippen LogP) is 1.62. The zero-order valence-electron chi connectivity index (χ0n) is 13.2. The lowest BCUT2D eigenvalue weighted by Crippen LogP contribution is -2.54. The van der Waals surface area contributed by atoms with Crippen molar-refractivity contribution in [3.63, 3.8) is 0 Å². The molecule has 1 saturated heterocycles. The molecule has 2 rings (SSSR count). The van der Waals surface area contributed by atoms with Crippen molar-refractivity contribution in [3.05, 3.63) is 15.8 Å². The molecular formula is C14H25N3O2S2. The first-order chi connectivity index (χ1) is 9.66. The van der Waals surface area contributed by atoms with E-state index in [9.17, 15) is 8.42 Å². The van der Waals surface area contributed by atoms with E-state index in [1.165, 1.54) is 11.3 Å². The van der Waals surface area contributed by atoms with Crippen molar-refractivity contribution in [2.24, 2.45) is 5.73 Å². The highest BCUT2D eigenvalue weighted by molar-refractivity contribution is 7.89. The Morgan fingerprint density at radius 1 is 1.24 bits per heavy atom. The molecule has 5 nitrogen and oxygen atoms in total. The van der Waals surface area contributed by atoms with Gasteiger partial charge >= 0.3 is 0 Å². The Bertz CT molecular complexity index is 594. The van der Waals surface area contributed by atoms with Crippen molar-refractivity contribution in [2.45, 2.75) is 44.7 Å². The molecular weight excluding hydrogens is 306 g/mol. The fraction of sp³-hybridized carbons (Fsp3) is 0.714. The van der Waals surface area contributed by atoms with Crippen LogP contribution >= 0.6 is 11.3 Å². The van der Waals surface area contributed by atoms with Crippen LogP contribution in [0.2, 0.25) is 0 Å². The second-order valence-corrected chi connectivity index (χ2v) is 9.65. The highest BCUT2D eigenvalue weighted by Crippen LogP contribution is 2.29. The summed E-state index contributed by atoms with van der Waals surface area (Å²) in [6, 6.07) is 1.73. The molecule has 0 radical (unpaired) electrons. The van der Waals surface area contributed by atoms with Crippen LogP contribution in [0, 0.1) is 6.92 Å². The highest BCUT2D eigenvalue weighted by atomic mass is 32.2. The van der Waals surface area contributed by atoms with E-state index in [0.29, 0.717) is 24.5 Å². The molecule has 0 spiro atoms. The largest absolute Gasteiger partial charge is 0.326 e. The smallest absolute Gasteiger partial charge is 0.244 e. The molecule has 0 aliphatic carbocycles. The van der Waals surface area contributed by atoms with Gasteiger partial charge in [-0.15, -0.1) is 11.3 Å². The molecule has 0 aromatic carbocycles. The Balaban J connectivity index is 2.17. The lowest BCUT2D eigenvalue weighted by Gasteiger charge is -2.41. The molecule has 120 valence electrons. The van der Waals surface area contributed by atoms with Crippen LogP contribution in [0.3, 0.4) is 0 Å². The molecule has 1 aromatic rings. The summed E-state index contributed by atoms with van der Waals surface area (Å²) in [5, 5.41) is 0. The van der Waals surface area contributed by atoms with Gasteiger partial charge in [0.25, 0.3) is 0 Å². The summed E-state index contributed by atoms with van der Waals surface area (Å²) in [4.78, 5) is 4.50. The topological polar surface area (TPSA) is 66.6 Å². The van der Waals surface area contributed by atoms with Gasteiger partial charge in [0, 0.05) is 48.0 Å². The van der Waals surface area contributed by atoms with E-state index in [1.54, 1.807) is 10.4 Å². The molecule has 7 heteroatoms. The molecule has 2 N–H and O–H groups in total. The maximum Gasteiger partial charge on any atom is 0.244 e. The second-order valence-electron chi connectivity index (χ2n) is 6.40. The number of piperazine rings is 1. The zero-order chi connectivity index (χ0) is 15.8. The highest BCUT2D eigenvalue weighted by Gasteiger charge is 2.33. The van der Waals surface area contributed by atoms with Crippen molar-refractivity contribution in [2.75, 3.05) is 26.2 Å². The number of rotatable bonds is 3. The first-order valence-electron chi connectivity index (χ1n) is 7.21. The SMILES string of the molecule is Cc1sc(CN)cc1S(=O)(=O)N1CCN(C(C)(C)C)CC1. The zero-order valence-corrected chi connectivity index (χ0v) is 14.9. The summed E-state index contributed by atoms with van der Waals surface area (Å²) in [7, 11) is -3.39. The summed E-state index contributed by atoms with van der Waals surface area (Å²) in [5.74, 6) is 0. The minimum atomic E-state index is -3.39. The Morgan fingerprint density at radius 2 is 1.81 bits per heavy atom. The average molecular weight is 332 g/mol. The van der Waals surface area contributed by atoms with Crippen molar-refractivity contribution in [1.82, 2.24) is 9.21 Å². The fourth-order valence-electron chi connectivity index (χ4n) is 2.62. The number of hydrogen-bond donors (Lipinski definition) is 1. The number of hydrogen-bond acceptors (Lipinski definition) is 5. The summed E-state index contributed by atoms with van der Waals surface area (Å²) in [6.07, 6.45) is 0. The van der Waals surface area contributed by atoms with Crippen LogP contribution in [0.1, 0.15) is 30.5 Å². The van der Waals surface area contributed by atoms with Crippen LogP contribution in [0.4, 0.5) is 0 Å². The Labute approximate surface area is 131 Å². The minimum absolute atomic E-state index is 0.0842. The van der Waals surface area contributed by atoms with Crippen LogP contribution in [-0.4, -0.2) is 49.3 Å². The maximum atomic E-state index is 12.8. The number of aryl methyl sites for hydroxylation is 1. The summed E-state index contributed by atoms with van der Waals surface area (Å²) >= 11 is 1.47. The van der Waals surface area contributed by atoms with E-state index in [-0.39, 0.29) is 5.54 Å². The molecule has 21 heavy (non-hydrogen) atoms.